The number of nitrogens with two attached hydrogens (primary N) is 1. The van der Waals surface area contributed by atoms with Crippen molar-refractivity contribution in [2.24, 2.45) is 8.91 Å². The third-order valence-corrected chi connectivity index (χ3v) is 11.6. The first-order valence-electron chi connectivity index (χ1n) is 9.87. The molecule has 0 aliphatic carbocycles. The van der Waals surface area contributed by atoms with Gasteiger partial charge in [0.15, 0.2) is 0 Å². The van der Waals surface area contributed by atoms with Crippen LogP contribution in [0.25, 0.3) is 0 Å². The van der Waals surface area contributed by atoms with Crippen LogP contribution in [0.4, 0.5) is 0 Å². The molecule has 4 aromatic rings. The van der Waals surface area contributed by atoms with Crippen LogP contribution >= 0.6 is 43.6 Å². The number of halogens is 2. The maximum absolute atomic E-state index is 11.9. The highest BCUT2D eigenvalue weighted by atomic mass is 79.9. The average Bonchev–Trinajstić information content (AvgIpc) is 3.12. The van der Waals surface area contributed by atoms with E-state index in [-0.39, 0.29) is 9.79 Å². The summed E-state index contributed by atoms with van der Waals surface area (Å²) >= 11 is 8.02. The average molecular weight is 688 g/mol. The monoisotopic (exact) mass is 686 g/mol. The van der Waals surface area contributed by atoms with E-state index in [2.05, 4.69) is 45.6 Å². The Morgan fingerprint density at radius 3 is 2.06 bits per heavy atom. The van der Waals surface area contributed by atoms with E-state index in [1.165, 1.54) is 30.4 Å². The van der Waals surface area contributed by atoms with Gasteiger partial charge < -0.3 is 0 Å². The molecule has 0 saturated heterocycles. The van der Waals surface area contributed by atoms with Gasteiger partial charge in [0.1, 0.15) is 9.79 Å². The van der Waals surface area contributed by atoms with E-state index < -0.39 is 30.7 Å². The number of aromatic nitrogens is 2. The lowest BCUT2D eigenvalue weighted by atomic mass is 10.4. The highest BCUT2D eigenvalue weighted by Crippen LogP contribution is 2.34. The molecule has 1 aliphatic heterocycles. The lowest BCUT2D eigenvalue weighted by Crippen LogP contribution is -2.13. The molecule has 2 aromatic carbocycles. The number of sulfonamides is 2. The van der Waals surface area contributed by atoms with Crippen molar-refractivity contribution in [3.8, 4) is 0 Å². The molecule has 2 N–H and O–H groups in total. The summed E-state index contributed by atoms with van der Waals surface area (Å²) in [7, 11) is -8.07. The Bertz CT molecular complexity index is 1660. The van der Waals surface area contributed by atoms with E-state index in [9.17, 15) is 16.8 Å². The summed E-state index contributed by atoms with van der Waals surface area (Å²) in [4.78, 5) is 11.0. The van der Waals surface area contributed by atoms with E-state index in [0.29, 0.717) is 9.79 Å². The third-order valence-electron chi connectivity index (χ3n) is 4.54. The molecule has 1 unspecified atom stereocenters. The van der Waals surface area contributed by atoms with Crippen LogP contribution < -0.4 is 5.14 Å². The Labute approximate surface area is 232 Å². The fraction of sp³-hybridized carbons (Fsp3) is 0. The van der Waals surface area contributed by atoms with Crippen LogP contribution in [0.1, 0.15) is 0 Å². The van der Waals surface area contributed by atoms with E-state index in [0.717, 1.165) is 18.7 Å². The number of hydrogen-bond donors (Lipinski definition) is 1. The van der Waals surface area contributed by atoms with E-state index in [4.69, 9.17) is 5.14 Å². The Hall–Kier alpha value is -1.94. The molecule has 3 heterocycles. The molecule has 1 atom stereocenters. The van der Waals surface area contributed by atoms with Gasteiger partial charge in [0, 0.05) is 53.3 Å². The molecule has 5 rings (SSSR count). The predicted octanol–water partition coefficient (Wildman–Crippen LogP) is 5.41. The quantitative estimate of drug-likeness (QED) is 0.303. The Balaban J connectivity index is 0.000000169. The maximum atomic E-state index is 11.9. The molecule has 1 aliphatic rings. The lowest BCUT2D eigenvalue weighted by Gasteiger charge is -2.06. The topological polar surface area (TPSA) is 132 Å². The SMILES string of the molecule is NS(=O)(=O)c1cnccc1Sc1ccc(Br)cc1.O=S1(=O)N=S(c2ccc(Br)cc2)c2ccncc21. The Kier molecular flexibility index (Phi) is 8.44. The smallest absolute Gasteiger partial charge is 0.263 e. The van der Waals surface area contributed by atoms with Gasteiger partial charge in [0.2, 0.25) is 10.0 Å². The van der Waals surface area contributed by atoms with Crippen molar-refractivity contribution < 1.29 is 16.8 Å². The number of benzene rings is 2. The molecule has 0 saturated carbocycles. The van der Waals surface area contributed by atoms with Gasteiger partial charge in [0.05, 0.1) is 0 Å². The molecule has 0 spiro atoms. The first-order chi connectivity index (χ1) is 17.0. The first-order valence-corrected chi connectivity index (χ1v) is 16.4. The van der Waals surface area contributed by atoms with E-state index >= 15 is 0 Å². The highest BCUT2D eigenvalue weighted by Gasteiger charge is 2.29. The summed E-state index contributed by atoms with van der Waals surface area (Å²) in [5.74, 6) is 0. The fourth-order valence-electron chi connectivity index (χ4n) is 2.93. The summed E-state index contributed by atoms with van der Waals surface area (Å²) in [6.45, 7) is 0. The van der Waals surface area contributed by atoms with Crippen molar-refractivity contribution in [2.75, 3.05) is 0 Å². The summed E-state index contributed by atoms with van der Waals surface area (Å²) in [6.07, 6.45) is 5.75. The second kappa shape index (κ2) is 11.2. The number of primary sulfonamides is 1. The molecule has 14 heteroatoms. The Morgan fingerprint density at radius 2 is 1.42 bits per heavy atom. The van der Waals surface area contributed by atoms with Crippen LogP contribution in [-0.2, 0) is 30.7 Å². The standard InChI is InChI=1S/C11H7BrN2O2S2.C11H9BrN2O2S2/c12-8-1-3-9(4-2-8)17-10-5-6-13-7-11(10)18(15,16)14-17;12-8-1-3-9(4-2-8)17-10-5-6-14-7-11(10)18(13,15)16/h1-7H;1-7H,(H2,13,15,16). The van der Waals surface area contributed by atoms with Crippen molar-refractivity contribution in [1.29, 1.82) is 0 Å². The molecule has 2 aromatic heterocycles. The minimum Gasteiger partial charge on any atom is -0.263 e. The number of rotatable bonds is 4. The van der Waals surface area contributed by atoms with Gasteiger partial charge in [-0.05, 0) is 71.4 Å². The predicted molar refractivity (Wildman–Crippen MR) is 146 cm³/mol. The minimum absolute atomic E-state index is 0.0397. The van der Waals surface area contributed by atoms with Gasteiger partial charge in [-0.2, -0.15) is 8.42 Å². The zero-order valence-electron chi connectivity index (χ0n) is 18.0. The van der Waals surface area contributed by atoms with Gasteiger partial charge in [-0.25, -0.2) is 13.6 Å². The van der Waals surface area contributed by atoms with Gasteiger partial charge in [-0.1, -0.05) is 43.6 Å². The zero-order valence-corrected chi connectivity index (χ0v) is 24.5. The summed E-state index contributed by atoms with van der Waals surface area (Å²) in [6, 6.07) is 18.4. The van der Waals surface area contributed by atoms with Crippen molar-refractivity contribution in [2.45, 2.75) is 29.4 Å². The van der Waals surface area contributed by atoms with Crippen LogP contribution in [0.3, 0.4) is 0 Å². The van der Waals surface area contributed by atoms with Gasteiger partial charge in [-0.3, -0.25) is 9.97 Å². The Morgan fingerprint density at radius 1 is 0.833 bits per heavy atom. The molecule has 0 radical (unpaired) electrons. The van der Waals surface area contributed by atoms with Crippen LogP contribution in [0, 0.1) is 0 Å². The second-order valence-electron chi connectivity index (χ2n) is 7.03. The number of fused-ring (bicyclic) bond motifs is 1. The molecule has 8 nitrogen and oxygen atoms in total. The normalized spacial score (nSPS) is 15.8. The van der Waals surface area contributed by atoms with Crippen molar-refractivity contribution >= 4 is 74.4 Å². The molecular formula is C22H16Br2N4O4S4. The maximum Gasteiger partial charge on any atom is 0.291 e. The number of hydrogen-bond acceptors (Lipinski definition) is 7. The zero-order chi connectivity index (χ0) is 25.9. The van der Waals surface area contributed by atoms with Crippen molar-refractivity contribution in [3.05, 3.63) is 94.4 Å². The first kappa shape index (κ1) is 27.1. The number of pyridine rings is 2. The van der Waals surface area contributed by atoms with Crippen LogP contribution in [0.5, 0.6) is 0 Å². The number of nitrogens with zero attached hydrogens (tertiary/aromatic N) is 3. The minimum atomic E-state index is -3.75. The molecule has 36 heavy (non-hydrogen) atoms. The van der Waals surface area contributed by atoms with Crippen LogP contribution in [0.15, 0.2) is 128 Å². The molecular weight excluding hydrogens is 672 g/mol. The van der Waals surface area contributed by atoms with Crippen molar-refractivity contribution in [3.63, 3.8) is 0 Å². The van der Waals surface area contributed by atoms with Gasteiger partial charge >= 0.3 is 0 Å². The lowest BCUT2D eigenvalue weighted by molar-refractivity contribution is 0.594. The largest absolute Gasteiger partial charge is 0.291 e. The summed E-state index contributed by atoms with van der Waals surface area (Å²) in [5, 5.41) is 5.15. The van der Waals surface area contributed by atoms with Gasteiger partial charge in [-0.15, -0.1) is 3.77 Å². The van der Waals surface area contributed by atoms with E-state index in [1.807, 2.05) is 48.5 Å². The van der Waals surface area contributed by atoms with Crippen LogP contribution in [0.2, 0.25) is 0 Å². The molecule has 0 bridgehead atoms. The summed E-state index contributed by atoms with van der Waals surface area (Å²) < 4.78 is 52.5. The molecule has 186 valence electrons. The van der Waals surface area contributed by atoms with E-state index in [1.54, 1.807) is 18.3 Å². The summed E-state index contributed by atoms with van der Waals surface area (Å²) in [5.41, 5.74) is 0. The van der Waals surface area contributed by atoms with Crippen LogP contribution in [-0.4, -0.2) is 26.8 Å². The van der Waals surface area contributed by atoms with Crippen molar-refractivity contribution in [1.82, 2.24) is 9.97 Å². The molecule has 0 fully saturated rings. The highest BCUT2D eigenvalue weighted by molar-refractivity contribution is 9.10. The molecule has 0 amide bonds. The fourth-order valence-corrected chi connectivity index (χ4v) is 9.22. The third kappa shape index (κ3) is 6.49. The van der Waals surface area contributed by atoms with Gasteiger partial charge in [0.25, 0.3) is 10.0 Å². The second-order valence-corrected chi connectivity index (χ2v) is 15.0.